The van der Waals surface area contributed by atoms with E-state index in [1.807, 2.05) is 0 Å². The standard InChI is InChI=1S/C11H15N3O4/c1-3-18-10-6-8(13-7-11(15)12-2)4-5-9(10)14(16)17/h4-6,13H,3,7H2,1-2H3,(H,12,15). The summed E-state index contributed by atoms with van der Waals surface area (Å²) in [5, 5.41) is 16.1. The molecule has 7 nitrogen and oxygen atoms in total. The van der Waals surface area contributed by atoms with Crippen molar-refractivity contribution in [2.24, 2.45) is 0 Å². The van der Waals surface area contributed by atoms with E-state index in [0.29, 0.717) is 12.3 Å². The molecule has 0 heterocycles. The second-order valence-electron chi connectivity index (χ2n) is 3.40. The van der Waals surface area contributed by atoms with Gasteiger partial charge in [0.25, 0.3) is 0 Å². The normalized spacial score (nSPS) is 9.67. The molecular formula is C11H15N3O4. The summed E-state index contributed by atoms with van der Waals surface area (Å²) in [5.74, 6) is 0.00993. The van der Waals surface area contributed by atoms with Crippen molar-refractivity contribution in [3.63, 3.8) is 0 Å². The summed E-state index contributed by atoms with van der Waals surface area (Å²) in [4.78, 5) is 21.3. The van der Waals surface area contributed by atoms with E-state index in [1.54, 1.807) is 6.92 Å². The Morgan fingerprint density at radius 3 is 2.78 bits per heavy atom. The molecule has 0 aliphatic rings. The van der Waals surface area contributed by atoms with Gasteiger partial charge >= 0.3 is 5.69 Å². The Hall–Kier alpha value is -2.31. The number of benzene rings is 1. The van der Waals surface area contributed by atoms with E-state index in [9.17, 15) is 14.9 Å². The minimum Gasteiger partial charge on any atom is -0.487 e. The minimum atomic E-state index is -0.506. The Morgan fingerprint density at radius 1 is 1.50 bits per heavy atom. The zero-order valence-electron chi connectivity index (χ0n) is 10.2. The highest BCUT2D eigenvalue weighted by Crippen LogP contribution is 2.29. The Balaban J connectivity index is 2.85. The summed E-state index contributed by atoms with van der Waals surface area (Å²) in [6.07, 6.45) is 0. The maximum absolute atomic E-state index is 11.1. The van der Waals surface area contributed by atoms with Crippen LogP contribution in [-0.4, -0.2) is 31.0 Å². The van der Waals surface area contributed by atoms with Crippen molar-refractivity contribution in [3.8, 4) is 5.75 Å². The van der Waals surface area contributed by atoms with E-state index < -0.39 is 4.92 Å². The highest BCUT2D eigenvalue weighted by molar-refractivity contribution is 5.80. The number of carbonyl (C=O) groups excluding carboxylic acids is 1. The van der Waals surface area contributed by atoms with Crippen molar-refractivity contribution in [3.05, 3.63) is 28.3 Å². The molecule has 2 N–H and O–H groups in total. The molecule has 0 radical (unpaired) electrons. The maximum atomic E-state index is 11.1. The van der Waals surface area contributed by atoms with Gasteiger partial charge in [0, 0.05) is 24.9 Å². The number of rotatable bonds is 6. The molecule has 7 heteroatoms. The first kappa shape index (κ1) is 13.8. The van der Waals surface area contributed by atoms with Crippen LogP contribution < -0.4 is 15.4 Å². The largest absolute Gasteiger partial charge is 0.487 e. The lowest BCUT2D eigenvalue weighted by Gasteiger charge is -2.08. The van der Waals surface area contributed by atoms with E-state index in [4.69, 9.17) is 4.74 Å². The molecule has 0 aliphatic carbocycles. The van der Waals surface area contributed by atoms with Gasteiger partial charge in [-0.05, 0) is 13.0 Å². The predicted molar refractivity (Wildman–Crippen MR) is 66.8 cm³/mol. The van der Waals surface area contributed by atoms with Crippen LogP contribution >= 0.6 is 0 Å². The maximum Gasteiger partial charge on any atom is 0.311 e. The summed E-state index contributed by atoms with van der Waals surface area (Å²) in [6, 6.07) is 4.38. The molecule has 0 aromatic heterocycles. The Bertz CT molecular complexity index is 448. The molecule has 1 aromatic carbocycles. The number of amides is 1. The molecule has 98 valence electrons. The lowest BCUT2D eigenvalue weighted by atomic mass is 10.2. The van der Waals surface area contributed by atoms with Crippen molar-refractivity contribution in [1.82, 2.24) is 5.32 Å². The van der Waals surface area contributed by atoms with Crippen LogP contribution in [0, 0.1) is 10.1 Å². The van der Waals surface area contributed by atoms with Crippen molar-refractivity contribution in [2.45, 2.75) is 6.92 Å². The minimum absolute atomic E-state index is 0.0951. The van der Waals surface area contributed by atoms with Crippen LogP contribution in [0.25, 0.3) is 0 Å². The van der Waals surface area contributed by atoms with Crippen molar-refractivity contribution in [1.29, 1.82) is 0 Å². The Morgan fingerprint density at radius 2 is 2.22 bits per heavy atom. The molecule has 0 spiro atoms. The highest BCUT2D eigenvalue weighted by Gasteiger charge is 2.15. The molecule has 0 atom stereocenters. The molecule has 0 unspecified atom stereocenters. The molecule has 0 bridgehead atoms. The Kier molecular flexibility index (Phi) is 4.91. The molecule has 18 heavy (non-hydrogen) atoms. The number of ether oxygens (including phenoxy) is 1. The fourth-order valence-electron chi connectivity index (χ4n) is 1.32. The van der Waals surface area contributed by atoms with E-state index in [1.165, 1.54) is 25.2 Å². The summed E-state index contributed by atoms with van der Waals surface area (Å²) < 4.78 is 5.19. The van der Waals surface area contributed by atoms with Gasteiger partial charge in [0.2, 0.25) is 5.91 Å². The first-order valence-corrected chi connectivity index (χ1v) is 5.44. The van der Waals surface area contributed by atoms with E-state index in [2.05, 4.69) is 10.6 Å². The number of nitrogens with one attached hydrogen (secondary N) is 2. The van der Waals surface area contributed by atoms with Gasteiger partial charge in [-0.2, -0.15) is 0 Å². The number of nitrogens with zero attached hydrogens (tertiary/aromatic N) is 1. The van der Waals surface area contributed by atoms with Crippen molar-refractivity contribution < 1.29 is 14.5 Å². The SMILES string of the molecule is CCOc1cc(NCC(=O)NC)ccc1[N+](=O)[O-]. The molecule has 0 aliphatic heterocycles. The van der Waals surface area contributed by atoms with Crippen LogP contribution in [-0.2, 0) is 4.79 Å². The fraction of sp³-hybridized carbons (Fsp3) is 0.364. The molecule has 0 saturated heterocycles. The lowest BCUT2D eigenvalue weighted by molar-refractivity contribution is -0.385. The topological polar surface area (TPSA) is 93.5 Å². The van der Waals surface area contributed by atoms with Gasteiger partial charge in [0.05, 0.1) is 18.1 Å². The van der Waals surface area contributed by atoms with Gasteiger partial charge in [-0.1, -0.05) is 0 Å². The van der Waals surface area contributed by atoms with Gasteiger partial charge in [-0.15, -0.1) is 0 Å². The van der Waals surface area contributed by atoms with E-state index in [-0.39, 0.29) is 23.9 Å². The molecule has 1 amide bonds. The molecule has 1 aromatic rings. The third-order valence-corrected chi connectivity index (χ3v) is 2.19. The second-order valence-corrected chi connectivity index (χ2v) is 3.40. The van der Waals surface area contributed by atoms with Gasteiger partial charge < -0.3 is 15.4 Å². The van der Waals surface area contributed by atoms with Gasteiger partial charge in [-0.3, -0.25) is 14.9 Å². The van der Waals surface area contributed by atoms with E-state index >= 15 is 0 Å². The van der Waals surface area contributed by atoms with Crippen LogP contribution in [0.1, 0.15) is 6.92 Å². The fourth-order valence-corrected chi connectivity index (χ4v) is 1.32. The summed E-state index contributed by atoms with van der Waals surface area (Å²) in [5.41, 5.74) is 0.495. The summed E-state index contributed by atoms with van der Waals surface area (Å²) in [7, 11) is 1.53. The third-order valence-electron chi connectivity index (χ3n) is 2.19. The quantitative estimate of drug-likeness (QED) is 0.586. The summed E-state index contributed by atoms with van der Waals surface area (Å²) in [6.45, 7) is 2.17. The lowest BCUT2D eigenvalue weighted by Crippen LogP contribution is -2.26. The van der Waals surface area contributed by atoms with Crippen LogP contribution in [0.5, 0.6) is 5.75 Å². The van der Waals surface area contributed by atoms with Crippen molar-refractivity contribution in [2.75, 3.05) is 25.5 Å². The van der Waals surface area contributed by atoms with Crippen LogP contribution in [0.2, 0.25) is 0 Å². The van der Waals surface area contributed by atoms with Gasteiger partial charge in [0.1, 0.15) is 0 Å². The molecular weight excluding hydrogens is 238 g/mol. The van der Waals surface area contributed by atoms with Crippen LogP contribution in [0.15, 0.2) is 18.2 Å². The second kappa shape index (κ2) is 6.43. The van der Waals surface area contributed by atoms with Crippen LogP contribution in [0.4, 0.5) is 11.4 Å². The number of likely N-dealkylation sites (N-methyl/N-ethyl adjacent to an activating group) is 1. The highest BCUT2D eigenvalue weighted by atomic mass is 16.6. The smallest absolute Gasteiger partial charge is 0.311 e. The number of carbonyl (C=O) groups is 1. The average molecular weight is 253 g/mol. The number of nitro groups is 1. The molecule has 0 fully saturated rings. The average Bonchev–Trinajstić information content (AvgIpc) is 2.36. The third kappa shape index (κ3) is 3.62. The number of nitro benzene ring substituents is 1. The van der Waals surface area contributed by atoms with Crippen LogP contribution in [0.3, 0.4) is 0 Å². The van der Waals surface area contributed by atoms with Gasteiger partial charge in [0.15, 0.2) is 5.75 Å². The number of anilines is 1. The first-order valence-electron chi connectivity index (χ1n) is 5.44. The molecule has 1 rings (SSSR count). The van der Waals surface area contributed by atoms with Crippen molar-refractivity contribution >= 4 is 17.3 Å². The van der Waals surface area contributed by atoms with Gasteiger partial charge in [-0.25, -0.2) is 0 Å². The number of hydrogen-bond acceptors (Lipinski definition) is 5. The first-order chi connectivity index (χ1) is 8.58. The Labute approximate surface area is 104 Å². The van der Waals surface area contributed by atoms with E-state index in [0.717, 1.165) is 0 Å². The molecule has 0 saturated carbocycles. The zero-order chi connectivity index (χ0) is 13.5. The number of hydrogen-bond donors (Lipinski definition) is 2. The monoisotopic (exact) mass is 253 g/mol. The summed E-state index contributed by atoms with van der Waals surface area (Å²) >= 11 is 0. The zero-order valence-corrected chi connectivity index (χ0v) is 10.2. The predicted octanol–water partition coefficient (Wildman–Crippen LogP) is 1.15.